The molecule has 10 heteroatoms. The number of carbonyl (C=O) groups excluding carboxylic acids is 2. The Morgan fingerprint density at radius 3 is 2.19 bits per heavy atom. The number of sulfonamides is 1. The third-order valence-corrected chi connectivity index (χ3v) is 7.11. The summed E-state index contributed by atoms with van der Waals surface area (Å²) in [7, 11) is -3.49. The first kappa shape index (κ1) is 25.9. The lowest BCUT2D eigenvalue weighted by Crippen LogP contribution is -2.45. The van der Waals surface area contributed by atoms with Crippen molar-refractivity contribution in [1.29, 1.82) is 0 Å². The molecular weight excluding hydrogens is 448 g/mol. The number of hydrogen-bond acceptors (Lipinski definition) is 6. The Kier molecular flexibility index (Phi) is 7.51. The molecule has 2 N–H and O–H groups in total. The van der Waals surface area contributed by atoms with Crippen LogP contribution in [0.5, 0.6) is 0 Å². The van der Waals surface area contributed by atoms with E-state index in [9.17, 15) is 18.0 Å². The standard InChI is InChI=1S/C22H32N4O4S2/c1-8-32(29,30)23-15-14-22(16-12-10-9-11-13-16)26(18(28)21(5,6)7)25-19(31-22)24-17(27)20(2,3)4/h9-15,23H,8H2,1-7H3,(H,24,25,27). The minimum Gasteiger partial charge on any atom is -0.303 e. The molecule has 0 fully saturated rings. The summed E-state index contributed by atoms with van der Waals surface area (Å²) in [6.45, 7) is 12.2. The van der Waals surface area contributed by atoms with Gasteiger partial charge in [0.2, 0.25) is 21.8 Å². The van der Waals surface area contributed by atoms with Gasteiger partial charge in [0.15, 0.2) is 10.0 Å². The summed E-state index contributed by atoms with van der Waals surface area (Å²) in [6.07, 6.45) is 2.90. The molecule has 0 radical (unpaired) electrons. The van der Waals surface area contributed by atoms with Gasteiger partial charge in [0.1, 0.15) is 0 Å². The quantitative estimate of drug-likeness (QED) is 0.672. The molecule has 176 valence electrons. The van der Waals surface area contributed by atoms with Gasteiger partial charge in [-0.1, -0.05) is 71.9 Å². The van der Waals surface area contributed by atoms with Gasteiger partial charge in [0.05, 0.1) is 5.75 Å². The van der Waals surface area contributed by atoms with E-state index in [-0.39, 0.29) is 22.7 Å². The number of hydrazone groups is 1. The number of amides is 2. The maximum atomic E-state index is 13.4. The minimum absolute atomic E-state index is 0.0865. The molecule has 1 aliphatic rings. The molecule has 1 heterocycles. The van der Waals surface area contributed by atoms with Gasteiger partial charge in [0, 0.05) is 17.0 Å². The van der Waals surface area contributed by atoms with E-state index in [1.54, 1.807) is 47.6 Å². The Hall–Kier alpha value is -2.33. The van der Waals surface area contributed by atoms with Crippen molar-refractivity contribution in [2.45, 2.75) is 53.3 Å². The normalized spacial score (nSPS) is 19.7. The topological polar surface area (TPSA) is 108 Å². The zero-order chi connectivity index (χ0) is 24.4. The predicted molar refractivity (Wildman–Crippen MR) is 129 cm³/mol. The maximum absolute atomic E-state index is 13.4. The number of benzene rings is 1. The van der Waals surface area contributed by atoms with Crippen LogP contribution in [-0.4, -0.2) is 36.2 Å². The molecule has 1 aromatic carbocycles. The summed E-state index contributed by atoms with van der Waals surface area (Å²) in [5.41, 5.74) is -0.727. The molecule has 8 nitrogen and oxygen atoms in total. The lowest BCUT2D eigenvalue weighted by molar-refractivity contribution is -0.142. The number of amidine groups is 1. The predicted octanol–water partition coefficient (Wildman–Crippen LogP) is 3.35. The van der Waals surface area contributed by atoms with E-state index in [2.05, 4.69) is 15.1 Å². The number of rotatable bonds is 5. The summed E-state index contributed by atoms with van der Waals surface area (Å²) in [4.78, 5) is 24.8. The van der Waals surface area contributed by atoms with E-state index in [0.717, 1.165) is 0 Å². The van der Waals surface area contributed by atoms with Gasteiger partial charge in [-0.25, -0.2) is 13.4 Å². The van der Waals surface area contributed by atoms with Crippen LogP contribution in [0.4, 0.5) is 0 Å². The molecule has 0 aliphatic carbocycles. The second-order valence-electron chi connectivity index (χ2n) is 9.50. The highest BCUT2D eigenvalue weighted by molar-refractivity contribution is 8.15. The van der Waals surface area contributed by atoms with Crippen LogP contribution >= 0.6 is 11.8 Å². The van der Waals surface area contributed by atoms with Crippen LogP contribution in [0.2, 0.25) is 0 Å². The Labute approximate surface area is 195 Å². The molecule has 1 unspecified atom stereocenters. The highest BCUT2D eigenvalue weighted by atomic mass is 32.2. The average Bonchev–Trinajstić information content (AvgIpc) is 3.05. The van der Waals surface area contributed by atoms with Crippen LogP contribution < -0.4 is 10.0 Å². The van der Waals surface area contributed by atoms with E-state index in [1.807, 2.05) is 30.3 Å². The van der Waals surface area contributed by atoms with Crippen molar-refractivity contribution >= 4 is 38.8 Å². The highest BCUT2D eigenvalue weighted by Gasteiger charge is 2.49. The van der Waals surface area contributed by atoms with Gasteiger partial charge >= 0.3 is 0 Å². The van der Waals surface area contributed by atoms with Crippen LogP contribution in [0.25, 0.3) is 0 Å². The van der Waals surface area contributed by atoms with Gasteiger partial charge in [-0.2, -0.15) is 0 Å². The van der Waals surface area contributed by atoms with Crippen LogP contribution in [0.1, 0.15) is 54.0 Å². The second kappa shape index (κ2) is 9.27. The average molecular weight is 481 g/mol. The summed E-state index contributed by atoms with van der Waals surface area (Å²) in [5, 5.41) is 8.86. The molecular formula is C22H32N4O4S2. The number of nitrogens with one attached hydrogen (secondary N) is 2. The van der Waals surface area contributed by atoms with Crippen molar-refractivity contribution in [2.75, 3.05) is 5.75 Å². The molecule has 0 aromatic heterocycles. The van der Waals surface area contributed by atoms with E-state index in [0.29, 0.717) is 5.56 Å². The second-order valence-corrected chi connectivity index (χ2v) is 12.8. The van der Waals surface area contributed by atoms with E-state index >= 15 is 0 Å². The van der Waals surface area contributed by atoms with Gasteiger partial charge < -0.3 is 5.32 Å². The maximum Gasteiger partial charge on any atom is 0.250 e. The number of nitrogens with zero attached hydrogens (tertiary/aromatic N) is 2. The van der Waals surface area contributed by atoms with E-state index in [4.69, 9.17) is 0 Å². The van der Waals surface area contributed by atoms with E-state index < -0.39 is 25.7 Å². The Morgan fingerprint density at radius 1 is 1.09 bits per heavy atom. The fourth-order valence-electron chi connectivity index (χ4n) is 2.62. The molecule has 0 bridgehead atoms. The zero-order valence-electron chi connectivity index (χ0n) is 19.6. The molecule has 2 rings (SSSR count). The van der Waals surface area contributed by atoms with Crippen molar-refractivity contribution < 1.29 is 18.0 Å². The Morgan fingerprint density at radius 2 is 1.69 bits per heavy atom. The first-order valence-electron chi connectivity index (χ1n) is 10.3. The third kappa shape index (κ3) is 5.92. The van der Waals surface area contributed by atoms with Crippen molar-refractivity contribution in [1.82, 2.24) is 15.0 Å². The van der Waals surface area contributed by atoms with E-state index in [1.165, 1.54) is 29.9 Å². The van der Waals surface area contributed by atoms with Crippen molar-refractivity contribution in [3.8, 4) is 0 Å². The molecule has 0 saturated carbocycles. The third-order valence-electron chi connectivity index (χ3n) is 4.62. The fraction of sp³-hybridized carbons (Fsp3) is 0.500. The molecule has 32 heavy (non-hydrogen) atoms. The van der Waals surface area contributed by atoms with Gasteiger partial charge in [-0.3, -0.25) is 14.3 Å². The highest BCUT2D eigenvalue weighted by Crippen LogP contribution is 2.48. The number of carbonyl (C=O) groups is 2. The lowest BCUT2D eigenvalue weighted by Gasteiger charge is -2.36. The summed E-state index contributed by atoms with van der Waals surface area (Å²) in [5.74, 6) is -0.611. The van der Waals surface area contributed by atoms with Gasteiger partial charge in [-0.15, -0.1) is 5.10 Å². The molecule has 1 aromatic rings. The van der Waals surface area contributed by atoms with Crippen LogP contribution in [0.15, 0.2) is 47.7 Å². The Bertz CT molecular complexity index is 1020. The van der Waals surface area contributed by atoms with Gasteiger partial charge in [0.25, 0.3) is 0 Å². The van der Waals surface area contributed by atoms with Crippen LogP contribution in [0, 0.1) is 10.8 Å². The monoisotopic (exact) mass is 480 g/mol. The summed E-state index contributed by atoms with van der Waals surface area (Å²) >= 11 is 1.17. The molecule has 0 saturated heterocycles. The summed E-state index contributed by atoms with van der Waals surface area (Å²) in [6, 6.07) is 9.16. The van der Waals surface area contributed by atoms with Crippen LogP contribution in [-0.2, 0) is 24.5 Å². The fourth-order valence-corrected chi connectivity index (χ4v) is 4.22. The molecule has 2 amide bonds. The molecule has 1 aliphatic heterocycles. The largest absolute Gasteiger partial charge is 0.303 e. The lowest BCUT2D eigenvalue weighted by atomic mass is 9.93. The zero-order valence-corrected chi connectivity index (χ0v) is 21.2. The van der Waals surface area contributed by atoms with Gasteiger partial charge in [-0.05, 0) is 30.3 Å². The SMILES string of the molecule is CCS(=O)(=O)NC=CC1(c2ccccc2)SC(NC(=O)C(C)(C)C)=NN1C(=O)C(C)(C)C. The first-order chi connectivity index (χ1) is 14.6. The Balaban J connectivity index is 2.61. The van der Waals surface area contributed by atoms with Crippen molar-refractivity contribution in [3.63, 3.8) is 0 Å². The molecule has 0 spiro atoms. The number of hydrogen-bond donors (Lipinski definition) is 2. The summed E-state index contributed by atoms with van der Waals surface area (Å²) < 4.78 is 26.4. The smallest absolute Gasteiger partial charge is 0.250 e. The first-order valence-corrected chi connectivity index (χ1v) is 12.8. The van der Waals surface area contributed by atoms with Crippen LogP contribution in [0.3, 0.4) is 0 Å². The van der Waals surface area contributed by atoms with Crippen molar-refractivity contribution in [3.05, 3.63) is 48.2 Å². The van der Waals surface area contributed by atoms with Crippen molar-refractivity contribution in [2.24, 2.45) is 15.9 Å². The minimum atomic E-state index is -3.49. The molecule has 1 atom stereocenters. The number of thioether (sulfide) groups is 1.